The van der Waals surface area contributed by atoms with E-state index in [0.717, 1.165) is 6.42 Å². The van der Waals surface area contributed by atoms with Crippen molar-refractivity contribution in [2.45, 2.75) is 32.7 Å². The number of rotatable bonds is 4. The second-order valence-corrected chi connectivity index (χ2v) is 5.28. The van der Waals surface area contributed by atoms with Crippen LogP contribution in [0.3, 0.4) is 0 Å². The molecular weight excluding hydrogens is 276 g/mol. The highest BCUT2D eigenvalue weighted by Crippen LogP contribution is 2.26. The predicted molar refractivity (Wildman–Crippen MR) is 65.1 cm³/mol. The minimum atomic E-state index is -0.580. The van der Waals surface area contributed by atoms with Crippen molar-refractivity contribution in [3.05, 3.63) is 33.8 Å². The zero-order valence-corrected chi connectivity index (χ0v) is 11.0. The molecular formula is C12H16BrF2N. The Hall–Kier alpha value is -0.480. The molecule has 0 spiro atoms. The highest BCUT2D eigenvalue weighted by molar-refractivity contribution is 9.10. The van der Waals surface area contributed by atoms with Gasteiger partial charge in [0.15, 0.2) is 0 Å². The van der Waals surface area contributed by atoms with E-state index < -0.39 is 17.7 Å². The minimum absolute atomic E-state index is 0.0103. The van der Waals surface area contributed by atoms with Crippen LogP contribution in [0.25, 0.3) is 0 Å². The van der Waals surface area contributed by atoms with Gasteiger partial charge in [0.05, 0.1) is 0 Å². The molecule has 0 fully saturated rings. The van der Waals surface area contributed by atoms with Crippen LogP contribution in [0.5, 0.6) is 0 Å². The molecule has 0 radical (unpaired) electrons. The van der Waals surface area contributed by atoms with Crippen molar-refractivity contribution in [2.24, 2.45) is 11.7 Å². The summed E-state index contributed by atoms with van der Waals surface area (Å²) in [6.45, 7) is 4.11. The van der Waals surface area contributed by atoms with E-state index in [9.17, 15) is 8.78 Å². The quantitative estimate of drug-likeness (QED) is 0.885. The van der Waals surface area contributed by atoms with Gasteiger partial charge in [0.2, 0.25) is 0 Å². The number of halogens is 3. The van der Waals surface area contributed by atoms with Gasteiger partial charge in [-0.05, 0) is 30.9 Å². The van der Waals surface area contributed by atoms with Crippen LogP contribution in [0.15, 0.2) is 16.6 Å². The van der Waals surface area contributed by atoms with Gasteiger partial charge in [-0.3, -0.25) is 0 Å². The molecule has 90 valence electrons. The average molecular weight is 292 g/mol. The van der Waals surface area contributed by atoms with Gasteiger partial charge in [0.25, 0.3) is 0 Å². The molecule has 0 saturated heterocycles. The van der Waals surface area contributed by atoms with Crippen molar-refractivity contribution < 1.29 is 8.78 Å². The zero-order chi connectivity index (χ0) is 12.3. The average Bonchev–Trinajstić information content (AvgIpc) is 2.12. The Labute approximate surface area is 103 Å². The fourth-order valence-electron chi connectivity index (χ4n) is 1.56. The van der Waals surface area contributed by atoms with E-state index in [2.05, 4.69) is 29.8 Å². The van der Waals surface area contributed by atoms with Crippen molar-refractivity contribution in [1.82, 2.24) is 0 Å². The van der Waals surface area contributed by atoms with Crippen LogP contribution in [0.4, 0.5) is 8.78 Å². The molecule has 16 heavy (non-hydrogen) atoms. The number of hydrogen-bond acceptors (Lipinski definition) is 1. The van der Waals surface area contributed by atoms with Crippen molar-refractivity contribution in [3.8, 4) is 0 Å². The van der Waals surface area contributed by atoms with Gasteiger partial charge in [-0.15, -0.1) is 0 Å². The zero-order valence-electron chi connectivity index (χ0n) is 9.43. The summed E-state index contributed by atoms with van der Waals surface area (Å²) in [5.74, 6) is -0.682. The first-order valence-corrected chi connectivity index (χ1v) is 6.11. The SMILES string of the molecule is CC(C)CC[C@H](N)c1c(F)cc(Br)cc1F. The van der Waals surface area contributed by atoms with Crippen LogP contribution in [0.2, 0.25) is 0 Å². The lowest BCUT2D eigenvalue weighted by molar-refractivity contribution is 0.468. The van der Waals surface area contributed by atoms with Gasteiger partial charge in [0, 0.05) is 16.1 Å². The van der Waals surface area contributed by atoms with E-state index in [0.29, 0.717) is 16.8 Å². The first-order chi connectivity index (χ1) is 7.41. The second-order valence-electron chi connectivity index (χ2n) is 4.36. The third-order valence-electron chi connectivity index (χ3n) is 2.47. The van der Waals surface area contributed by atoms with E-state index in [1.807, 2.05) is 0 Å². The van der Waals surface area contributed by atoms with Crippen molar-refractivity contribution >= 4 is 15.9 Å². The molecule has 1 rings (SSSR count). The summed E-state index contributed by atoms with van der Waals surface area (Å²) >= 11 is 3.04. The van der Waals surface area contributed by atoms with Gasteiger partial charge in [-0.2, -0.15) is 0 Å². The molecule has 0 saturated carbocycles. The van der Waals surface area contributed by atoms with Crippen LogP contribution >= 0.6 is 15.9 Å². The first-order valence-electron chi connectivity index (χ1n) is 5.31. The molecule has 0 unspecified atom stereocenters. The topological polar surface area (TPSA) is 26.0 Å². The molecule has 1 aromatic carbocycles. The highest BCUT2D eigenvalue weighted by Gasteiger charge is 2.17. The summed E-state index contributed by atoms with van der Waals surface area (Å²) in [4.78, 5) is 0. The maximum atomic E-state index is 13.5. The van der Waals surface area contributed by atoms with E-state index in [-0.39, 0.29) is 5.56 Å². The summed E-state index contributed by atoms with van der Waals surface area (Å²) in [6, 6.07) is 1.91. The molecule has 0 aromatic heterocycles. The molecule has 0 aliphatic carbocycles. The third kappa shape index (κ3) is 3.52. The molecule has 1 aromatic rings. The van der Waals surface area contributed by atoms with Crippen molar-refractivity contribution in [2.75, 3.05) is 0 Å². The normalized spacial score (nSPS) is 13.2. The van der Waals surface area contributed by atoms with Crippen LogP contribution < -0.4 is 5.73 Å². The maximum Gasteiger partial charge on any atom is 0.132 e. The summed E-state index contributed by atoms with van der Waals surface area (Å²) < 4.78 is 27.5. The smallest absolute Gasteiger partial charge is 0.132 e. The molecule has 2 N–H and O–H groups in total. The Morgan fingerprint density at radius 2 is 1.69 bits per heavy atom. The lowest BCUT2D eigenvalue weighted by atomic mass is 9.97. The Balaban J connectivity index is 2.86. The Morgan fingerprint density at radius 1 is 1.19 bits per heavy atom. The highest BCUT2D eigenvalue weighted by atomic mass is 79.9. The Bertz CT molecular complexity index is 343. The molecule has 0 amide bonds. The molecule has 4 heteroatoms. The predicted octanol–water partition coefficient (Wildman–Crippen LogP) is 4.16. The van der Waals surface area contributed by atoms with Gasteiger partial charge >= 0.3 is 0 Å². The Kier molecular flexibility index (Phi) is 4.87. The molecule has 0 bridgehead atoms. The maximum absolute atomic E-state index is 13.5. The summed E-state index contributed by atoms with van der Waals surface area (Å²) in [5.41, 5.74) is 5.79. The molecule has 1 atom stereocenters. The summed E-state index contributed by atoms with van der Waals surface area (Å²) in [7, 11) is 0. The Morgan fingerprint density at radius 3 is 2.12 bits per heavy atom. The minimum Gasteiger partial charge on any atom is -0.324 e. The van der Waals surface area contributed by atoms with Crippen LogP contribution in [0, 0.1) is 17.6 Å². The molecule has 0 aliphatic rings. The number of hydrogen-bond donors (Lipinski definition) is 1. The van der Waals surface area contributed by atoms with Crippen LogP contribution in [-0.4, -0.2) is 0 Å². The first kappa shape index (κ1) is 13.6. The lowest BCUT2D eigenvalue weighted by Crippen LogP contribution is -2.15. The van der Waals surface area contributed by atoms with E-state index in [1.165, 1.54) is 12.1 Å². The number of nitrogens with two attached hydrogens (primary N) is 1. The van der Waals surface area contributed by atoms with Gasteiger partial charge in [-0.25, -0.2) is 8.78 Å². The van der Waals surface area contributed by atoms with Gasteiger partial charge in [0.1, 0.15) is 11.6 Å². The lowest BCUT2D eigenvalue weighted by Gasteiger charge is -2.15. The van der Waals surface area contributed by atoms with E-state index in [1.54, 1.807) is 0 Å². The molecule has 1 nitrogen and oxygen atoms in total. The van der Waals surface area contributed by atoms with Crippen molar-refractivity contribution in [1.29, 1.82) is 0 Å². The largest absolute Gasteiger partial charge is 0.324 e. The fraction of sp³-hybridized carbons (Fsp3) is 0.500. The fourth-order valence-corrected chi connectivity index (χ4v) is 1.97. The standard InChI is InChI=1S/C12H16BrF2N/c1-7(2)3-4-11(16)12-9(14)5-8(13)6-10(12)15/h5-7,11H,3-4,16H2,1-2H3/t11-/m0/s1. The monoisotopic (exact) mass is 291 g/mol. The third-order valence-corrected chi connectivity index (χ3v) is 2.93. The van der Waals surface area contributed by atoms with Crippen LogP contribution in [0.1, 0.15) is 38.3 Å². The number of benzene rings is 1. The van der Waals surface area contributed by atoms with E-state index in [4.69, 9.17) is 5.73 Å². The van der Waals surface area contributed by atoms with Crippen molar-refractivity contribution in [3.63, 3.8) is 0 Å². The summed E-state index contributed by atoms with van der Waals surface area (Å²) in [5, 5.41) is 0. The van der Waals surface area contributed by atoms with E-state index >= 15 is 0 Å². The summed E-state index contributed by atoms with van der Waals surface area (Å²) in [6.07, 6.45) is 1.45. The van der Waals surface area contributed by atoms with Crippen LogP contribution in [-0.2, 0) is 0 Å². The molecule has 0 heterocycles. The van der Waals surface area contributed by atoms with Gasteiger partial charge < -0.3 is 5.73 Å². The second kappa shape index (κ2) is 5.73. The molecule has 0 aliphatic heterocycles. The van der Waals surface area contributed by atoms with Gasteiger partial charge in [-0.1, -0.05) is 29.8 Å².